The van der Waals surface area contributed by atoms with Crippen LogP contribution in [0, 0.1) is 0 Å². The van der Waals surface area contributed by atoms with E-state index in [-0.39, 0.29) is 11.4 Å². The number of nitrogens with one attached hydrogen (secondary N) is 2. The number of sulfonamides is 1. The minimum Gasteiger partial charge on any atom is -0.472 e. The Morgan fingerprint density at radius 1 is 1.16 bits per heavy atom. The molecule has 0 aliphatic heterocycles. The lowest BCUT2D eigenvalue weighted by molar-refractivity contribution is 0.561. The van der Waals surface area contributed by atoms with E-state index in [0.717, 1.165) is 17.8 Å². The Morgan fingerprint density at radius 2 is 1.89 bits per heavy atom. The normalized spacial score (nSPS) is 11.4. The Morgan fingerprint density at radius 3 is 2.47 bits per heavy atom. The van der Waals surface area contributed by atoms with Gasteiger partial charge >= 0.3 is 0 Å². The molecule has 19 heavy (non-hydrogen) atoms. The second kappa shape index (κ2) is 5.90. The summed E-state index contributed by atoms with van der Waals surface area (Å²) >= 11 is 0. The van der Waals surface area contributed by atoms with E-state index >= 15 is 0 Å². The van der Waals surface area contributed by atoms with Gasteiger partial charge in [0.15, 0.2) is 0 Å². The fraction of sp³-hybridized carbons (Fsp3) is 0.231. The Labute approximate surface area is 112 Å². The van der Waals surface area contributed by atoms with Crippen molar-refractivity contribution in [1.82, 2.24) is 4.72 Å². The van der Waals surface area contributed by atoms with Crippen LogP contribution in [0.5, 0.6) is 0 Å². The first-order valence-electron chi connectivity index (χ1n) is 5.96. The summed E-state index contributed by atoms with van der Waals surface area (Å²) in [6.07, 6.45) is 3.02. The van der Waals surface area contributed by atoms with Crippen LogP contribution in [0.1, 0.15) is 12.5 Å². The molecule has 2 rings (SSSR count). The van der Waals surface area contributed by atoms with Gasteiger partial charge in [-0.2, -0.15) is 0 Å². The Bertz CT molecular complexity index is 604. The highest BCUT2D eigenvalue weighted by atomic mass is 32.2. The monoisotopic (exact) mass is 280 g/mol. The number of furan rings is 1. The minimum atomic E-state index is -3.49. The first kappa shape index (κ1) is 13.6. The van der Waals surface area contributed by atoms with Gasteiger partial charge < -0.3 is 9.73 Å². The maximum absolute atomic E-state index is 12.0. The maximum Gasteiger partial charge on any atom is 0.240 e. The number of anilines is 1. The molecular weight excluding hydrogens is 264 g/mol. The van der Waals surface area contributed by atoms with Crippen LogP contribution in [0.25, 0.3) is 0 Å². The van der Waals surface area contributed by atoms with Crippen molar-refractivity contribution in [3.05, 3.63) is 48.4 Å². The van der Waals surface area contributed by atoms with Crippen LogP contribution in [0.4, 0.5) is 5.69 Å². The average Bonchev–Trinajstić information content (AvgIpc) is 2.91. The van der Waals surface area contributed by atoms with E-state index in [2.05, 4.69) is 10.0 Å². The lowest BCUT2D eigenvalue weighted by Crippen LogP contribution is -2.22. The molecule has 2 N–H and O–H groups in total. The predicted octanol–water partition coefficient (Wildman–Crippen LogP) is 2.19. The molecule has 0 amide bonds. The van der Waals surface area contributed by atoms with Gasteiger partial charge in [0.2, 0.25) is 10.0 Å². The molecule has 102 valence electrons. The third kappa shape index (κ3) is 3.59. The number of hydrogen-bond donors (Lipinski definition) is 2. The highest BCUT2D eigenvalue weighted by Gasteiger charge is 2.13. The lowest BCUT2D eigenvalue weighted by Gasteiger charge is -2.07. The predicted molar refractivity (Wildman–Crippen MR) is 73.3 cm³/mol. The standard InChI is InChI=1S/C13H16N2O3S/c1-2-14-12-3-5-13(6-4-12)19(16,17)15-9-11-7-8-18-10-11/h3-8,10,14-15H,2,9H2,1H3. The Balaban J connectivity index is 2.06. The second-order valence-corrected chi connectivity index (χ2v) is 5.78. The Kier molecular flexibility index (Phi) is 4.24. The fourth-order valence-electron chi connectivity index (χ4n) is 1.61. The second-order valence-electron chi connectivity index (χ2n) is 4.01. The first-order chi connectivity index (χ1) is 9.12. The molecule has 1 heterocycles. The summed E-state index contributed by atoms with van der Waals surface area (Å²) in [6, 6.07) is 8.37. The molecule has 2 aromatic rings. The van der Waals surface area contributed by atoms with Crippen molar-refractivity contribution >= 4 is 15.7 Å². The molecule has 0 aliphatic carbocycles. The molecule has 1 aromatic carbocycles. The van der Waals surface area contributed by atoms with Crippen molar-refractivity contribution in [2.24, 2.45) is 0 Å². The van der Waals surface area contributed by atoms with E-state index in [0.29, 0.717) is 0 Å². The summed E-state index contributed by atoms with van der Waals surface area (Å²) in [5, 5.41) is 3.11. The SMILES string of the molecule is CCNc1ccc(S(=O)(=O)NCc2ccoc2)cc1. The molecule has 1 aromatic heterocycles. The molecule has 0 fully saturated rings. The van der Waals surface area contributed by atoms with Crippen LogP contribution < -0.4 is 10.0 Å². The van der Waals surface area contributed by atoms with Gasteiger partial charge in [0.25, 0.3) is 0 Å². The first-order valence-corrected chi connectivity index (χ1v) is 7.45. The number of rotatable bonds is 6. The van der Waals surface area contributed by atoms with Crippen LogP contribution >= 0.6 is 0 Å². The van der Waals surface area contributed by atoms with E-state index in [1.54, 1.807) is 30.3 Å². The third-order valence-corrected chi connectivity index (χ3v) is 4.01. The summed E-state index contributed by atoms with van der Waals surface area (Å²) in [5.74, 6) is 0. The van der Waals surface area contributed by atoms with Gasteiger partial charge in [-0.05, 0) is 37.3 Å². The average molecular weight is 280 g/mol. The van der Waals surface area contributed by atoms with E-state index in [9.17, 15) is 8.42 Å². The van der Waals surface area contributed by atoms with Crippen molar-refractivity contribution < 1.29 is 12.8 Å². The quantitative estimate of drug-likeness (QED) is 0.851. The van der Waals surface area contributed by atoms with Crippen molar-refractivity contribution in [1.29, 1.82) is 0 Å². The van der Waals surface area contributed by atoms with Crippen molar-refractivity contribution in [2.75, 3.05) is 11.9 Å². The van der Waals surface area contributed by atoms with Gasteiger partial charge in [-0.25, -0.2) is 13.1 Å². The van der Waals surface area contributed by atoms with Gasteiger partial charge in [0, 0.05) is 24.3 Å². The van der Waals surface area contributed by atoms with Crippen LogP contribution in [0.2, 0.25) is 0 Å². The van der Waals surface area contributed by atoms with E-state index in [1.165, 1.54) is 12.5 Å². The molecule has 0 unspecified atom stereocenters. The summed E-state index contributed by atoms with van der Waals surface area (Å²) in [6.45, 7) is 3.00. The molecule has 0 spiro atoms. The number of hydrogen-bond acceptors (Lipinski definition) is 4. The van der Waals surface area contributed by atoms with Crippen LogP contribution in [0.3, 0.4) is 0 Å². The van der Waals surface area contributed by atoms with Crippen molar-refractivity contribution in [3.8, 4) is 0 Å². The van der Waals surface area contributed by atoms with E-state index in [1.807, 2.05) is 6.92 Å². The highest BCUT2D eigenvalue weighted by molar-refractivity contribution is 7.89. The zero-order chi connectivity index (χ0) is 13.7. The molecule has 0 saturated heterocycles. The summed E-state index contributed by atoms with van der Waals surface area (Å²) in [5.41, 5.74) is 1.68. The fourth-order valence-corrected chi connectivity index (χ4v) is 2.63. The minimum absolute atomic E-state index is 0.216. The van der Waals surface area contributed by atoms with Gasteiger partial charge in [-0.1, -0.05) is 0 Å². The molecule has 0 radical (unpaired) electrons. The van der Waals surface area contributed by atoms with Crippen LogP contribution in [0.15, 0.2) is 52.2 Å². The van der Waals surface area contributed by atoms with Gasteiger partial charge in [-0.15, -0.1) is 0 Å². The van der Waals surface area contributed by atoms with Crippen LogP contribution in [-0.2, 0) is 16.6 Å². The van der Waals surface area contributed by atoms with Gasteiger partial charge in [0.05, 0.1) is 17.4 Å². The zero-order valence-electron chi connectivity index (χ0n) is 10.6. The van der Waals surface area contributed by atoms with Gasteiger partial charge in [-0.3, -0.25) is 0 Å². The van der Waals surface area contributed by atoms with Crippen molar-refractivity contribution in [3.63, 3.8) is 0 Å². The smallest absolute Gasteiger partial charge is 0.240 e. The molecule has 0 aliphatic rings. The molecule has 0 saturated carbocycles. The van der Waals surface area contributed by atoms with Gasteiger partial charge in [0.1, 0.15) is 0 Å². The summed E-state index contributed by atoms with van der Waals surface area (Å²) < 4.78 is 31.5. The Hall–Kier alpha value is -1.79. The molecule has 5 nitrogen and oxygen atoms in total. The van der Waals surface area contributed by atoms with E-state index in [4.69, 9.17) is 4.42 Å². The van der Waals surface area contributed by atoms with E-state index < -0.39 is 10.0 Å². The lowest BCUT2D eigenvalue weighted by atomic mass is 10.3. The molecular formula is C13H16N2O3S. The number of benzene rings is 1. The molecule has 0 bridgehead atoms. The van der Waals surface area contributed by atoms with Crippen LogP contribution in [-0.4, -0.2) is 15.0 Å². The highest BCUT2D eigenvalue weighted by Crippen LogP contribution is 2.14. The maximum atomic E-state index is 12.0. The molecule has 6 heteroatoms. The topological polar surface area (TPSA) is 71.3 Å². The molecule has 0 atom stereocenters. The summed E-state index contributed by atoms with van der Waals surface area (Å²) in [4.78, 5) is 0.248. The summed E-state index contributed by atoms with van der Waals surface area (Å²) in [7, 11) is -3.49. The zero-order valence-corrected chi connectivity index (χ0v) is 11.4. The van der Waals surface area contributed by atoms with Crippen molar-refractivity contribution in [2.45, 2.75) is 18.4 Å². The largest absolute Gasteiger partial charge is 0.472 e. The third-order valence-electron chi connectivity index (χ3n) is 2.59.